The highest BCUT2D eigenvalue weighted by Gasteiger charge is 2.40. The number of aryl methyl sites for hydroxylation is 1. The van der Waals surface area contributed by atoms with Gasteiger partial charge in [0.2, 0.25) is 0 Å². The van der Waals surface area contributed by atoms with Gasteiger partial charge in [-0.15, -0.1) is 0 Å². The topological polar surface area (TPSA) is 61.8 Å². The van der Waals surface area contributed by atoms with E-state index in [2.05, 4.69) is 18.3 Å². The van der Waals surface area contributed by atoms with E-state index in [-0.39, 0.29) is 5.54 Å². The molecule has 2 rings (SSSR count). The molecular weight excluding hydrogens is 210 g/mol. The summed E-state index contributed by atoms with van der Waals surface area (Å²) in [5.74, 6) is 0.684. The zero-order chi connectivity index (χ0) is 12.5. The van der Waals surface area contributed by atoms with Crippen LogP contribution >= 0.6 is 0 Å². The zero-order valence-corrected chi connectivity index (χ0v) is 10.5. The molecule has 1 aromatic rings. The molecule has 0 saturated heterocycles. The predicted octanol–water partition coefficient (Wildman–Crippen LogP) is 2.41. The Morgan fingerprint density at radius 2 is 2.24 bits per heavy atom. The van der Waals surface area contributed by atoms with Crippen LogP contribution in [0.3, 0.4) is 0 Å². The van der Waals surface area contributed by atoms with Crippen LogP contribution in [0.5, 0.6) is 0 Å². The van der Waals surface area contributed by atoms with Crippen LogP contribution in [0.15, 0.2) is 18.2 Å². The first-order valence-corrected chi connectivity index (χ1v) is 6.08. The van der Waals surface area contributed by atoms with Gasteiger partial charge in [0.25, 0.3) is 0 Å². The van der Waals surface area contributed by atoms with E-state index < -0.39 is 0 Å². The Balaban J connectivity index is 2.18. The molecule has 3 N–H and O–H groups in total. The van der Waals surface area contributed by atoms with Gasteiger partial charge in [-0.25, -0.2) is 0 Å². The van der Waals surface area contributed by atoms with Crippen LogP contribution in [0.1, 0.15) is 30.9 Å². The Morgan fingerprint density at radius 1 is 1.53 bits per heavy atom. The zero-order valence-electron chi connectivity index (χ0n) is 10.5. The second kappa shape index (κ2) is 4.38. The number of nitrogens with zero attached hydrogens (tertiary/aromatic N) is 1. The average molecular weight is 229 g/mol. The quantitative estimate of drug-likeness (QED) is 0.833. The van der Waals surface area contributed by atoms with Gasteiger partial charge in [-0.1, -0.05) is 0 Å². The van der Waals surface area contributed by atoms with E-state index in [9.17, 15) is 0 Å². The van der Waals surface area contributed by atoms with E-state index in [0.29, 0.717) is 12.5 Å². The van der Waals surface area contributed by atoms with Crippen molar-refractivity contribution in [2.45, 2.75) is 32.2 Å². The van der Waals surface area contributed by atoms with Crippen molar-refractivity contribution in [3.63, 3.8) is 0 Å². The number of nitriles is 1. The maximum absolute atomic E-state index is 8.90. The predicted molar refractivity (Wildman–Crippen MR) is 69.7 cm³/mol. The molecular formula is C14H19N3. The normalized spacial score (nSPS) is 18.2. The third-order valence-corrected chi connectivity index (χ3v) is 3.68. The number of rotatable bonds is 4. The van der Waals surface area contributed by atoms with Gasteiger partial charge in [0.1, 0.15) is 0 Å². The van der Waals surface area contributed by atoms with Crippen molar-refractivity contribution >= 4 is 5.69 Å². The molecule has 1 aliphatic carbocycles. The van der Waals surface area contributed by atoms with Gasteiger partial charge in [0.15, 0.2) is 0 Å². The number of hydrogen-bond acceptors (Lipinski definition) is 3. The fourth-order valence-electron chi connectivity index (χ4n) is 2.24. The molecule has 3 nitrogen and oxygen atoms in total. The van der Waals surface area contributed by atoms with Crippen LogP contribution in [0, 0.1) is 24.2 Å². The van der Waals surface area contributed by atoms with Crippen LogP contribution in [0.2, 0.25) is 0 Å². The minimum atomic E-state index is -0.0133. The summed E-state index contributed by atoms with van der Waals surface area (Å²) in [5, 5.41) is 12.4. The van der Waals surface area contributed by atoms with Gasteiger partial charge in [-0.2, -0.15) is 5.26 Å². The fourth-order valence-corrected chi connectivity index (χ4v) is 2.24. The summed E-state index contributed by atoms with van der Waals surface area (Å²) in [6, 6.07) is 8.03. The van der Waals surface area contributed by atoms with Gasteiger partial charge >= 0.3 is 0 Å². The molecule has 0 bridgehead atoms. The Kier molecular flexibility index (Phi) is 3.08. The highest BCUT2D eigenvalue weighted by molar-refractivity contribution is 5.53. The Bertz CT molecular complexity index is 457. The first-order valence-electron chi connectivity index (χ1n) is 6.08. The lowest BCUT2D eigenvalue weighted by molar-refractivity contribution is 0.459. The molecule has 1 fully saturated rings. The fraction of sp³-hybridized carbons (Fsp3) is 0.500. The molecule has 1 aliphatic rings. The SMILES string of the molecule is Cc1cc(NC(C)(CN)C2CC2)ccc1C#N. The lowest BCUT2D eigenvalue weighted by Crippen LogP contribution is -2.44. The first kappa shape index (κ1) is 11.9. The number of nitrogens with one attached hydrogen (secondary N) is 1. The minimum absolute atomic E-state index is 0.0133. The van der Waals surface area contributed by atoms with Crippen molar-refractivity contribution in [1.29, 1.82) is 5.26 Å². The average Bonchev–Trinajstić information content (AvgIpc) is 3.13. The molecule has 1 aromatic carbocycles. The molecule has 1 saturated carbocycles. The largest absolute Gasteiger partial charge is 0.378 e. The van der Waals surface area contributed by atoms with E-state index in [4.69, 9.17) is 11.0 Å². The molecule has 0 amide bonds. The van der Waals surface area contributed by atoms with Crippen molar-refractivity contribution in [3.8, 4) is 6.07 Å². The highest BCUT2D eigenvalue weighted by Crippen LogP contribution is 2.40. The summed E-state index contributed by atoms with van der Waals surface area (Å²) in [6.07, 6.45) is 2.52. The monoisotopic (exact) mass is 229 g/mol. The third-order valence-electron chi connectivity index (χ3n) is 3.68. The van der Waals surface area contributed by atoms with Crippen molar-refractivity contribution in [2.24, 2.45) is 11.7 Å². The summed E-state index contributed by atoms with van der Waals surface area (Å²) in [6.45, 7) is 4.77. The minimum Gasteiger partial charge on any atom is -0.378 e. The van der Waals surface area contributed by atoms with Gasteiger partial charge in [-0.3, -0.25) is 0 Å². The summed E-state index contributed by atoms with van der Waals surface area (Å²) in [4.78, 5) is 0. The van der Waals surface area contributed by atoms with Gasteiger partial charge in [0.05, 0.1) is 11.6 Å². The molecule has 3 heteroatoms. The number of benzene rings is 1. The van der Waals surface area contributed by atoms with Crippen molar-refractivity contribution in [1.82, 2.24) is 0 Å². The smallest absolute Gasteiger partial charge is 0.0994 e. The molecule has 0 aliphatic heterocycles. The Morgan fingerprint density at radius 3 is 2.71 bits per heavy atom. The molecule has 0 heterocycles. The molecule has 0 spiro atoms. The van der Waals surface area contributed by atoms with Gasteiger partial charge < -0.3 is 11.1 Å². The van der Waals surface area contributed by atoms with Crippen LogP contribution < -0.4 is 11.1 Å². The second-order valence-corrected chi connectivity index (χ2v) is 5.16. The molecule has 1 atom stereocenters. The van der Waals surface area contributed by atoms with E-state index >= 15 is 0 Å². The molecule has 17 heavy (non-hydrogen) atoms. The molecule has 0 aromatic heterocycles. The van der Waals surface area contributed by atoms with E-state index in [1.165, 1.54) is 12.8 Å². The second-order valence-electron chi connectivity index (χ2n) is 5.16. The van der Waals surface area contributed by atoms with Crippen molar-refractivity contribution in [2.75, 3.05) is 11.9 Å². The Labute approximate surface area is 103 Å². The van der Waals surface area contributed by atoms with Gasteiger partial charge in [-0.05, 0) is 56.4 Å². The maximum Gasteiger partial charge on any atom is 0.0994 e. The summed E-state index contributed by atoms with van der Waals surface area (Å²) in [7, 11) is 0. The number of hydrogen-bond donors (Lipinski definition) is 2. The van der Waals surface area contributed by atoms with E-state index in [1.807, 2.05) is 25.1 Å². The lowest BCUT2D eigenvalue weighted by Gasteiger charge is -2.31. The number of anilines is 1. The van der Waals surface area contributed by atoms with Crippen LogP contribution in [-0.2, 0) is 0 Å². The third kappa shape index (κ3) is 2.42. The maximum atomic E-state index is 8.90. The Hall–Kier alpha value is -1.53. The first-order chi connectivity index (χ1) is 8.09. The standard InChI is InChI=1S/C14H19N3/c1-10-7-13(6-3-11(10)8-15)17-14(2,9-16)12-4-5-12/h3,6-7,12,17H,4-5,9,16H2,1-2H3. The van der Waals surface area contributed by atoms with E-state index in [0.717, 1.165) is 16.8 Å². The number of nitrogens with two attached hydrogens (primary N) is 1. The van der Waals surface area contributed by atoms with E-state index in [1.54, 1.807) is 0 Å². The van der Waals surface area contributed by atoms with Crippen molar-refractivity contribution < 1.29 is 0 Å². The summed E-state index contributed by atoms with van der Waals surface area (Å²) < 4.78 is 0. The highest BCUT2D eigenvalue weighted by atomic mass is 15.0. The summed E-state index contributed by atoms with van der Waals surface area (Å²) in [5.41, 5.74) is 8.66. The van der Waals surface area contributed by atoms with Crippen LogP contribution in [0.4, 0.5) is 5.69 Å². The molecule has 0 radical (unpaired) electrons. The molecule has 1 unspecified atom stereocenters. The molecule has 90 valence electrons. The van der Waals surface area contributed by atoms with Crippen LogP contribution in [-0.4, -0.2) is 12.1 Å². The van der Waals surface area contributed by atoms with Gasteiger partial charge in [0, 0.05) is 17.8 Å². The summed E-state index contributed by atoms with van der Waals surface area (Å²) >= 11 is 0. The van der Waals surface area contributed by atoms with Crippen molar-refractivity contribution in [3.05, 3.63) is 29.3 Å². The lowest BCUT2D eigenvalue weighted by atomic mass is 9.95. The van der Waals surface area contributed by atoms with Crippen LogP contribution in [0.25, 0.3) is 0 Å².